The van der Waals surface area contributed by atoms with Gasteiger partial charge in [-0.05, 0) is 38.4 Å². The third kappa shape index (κ3) is 3.43. The van der Waals surface area contributed by atoms with Crippen LogP contribution in [0.25, 0.3) is 0 Å². The number of carbonyl (C=O) groups is 1. The second-order valence-corrected chi connectivity index (χ2v) is 4.40. The molecule has 0 saturated carbocycles. The summed E-state index contributed by atoms with van der Waals surface area (Å²) >= 11 is 0. The van der Waals surface area contributed by atoms with Crippen molar-refractivity contribution in [3.8, 4) is 0 Å². The van der Waals surface area contributed by atoms with Gasteiger partial charge in [-0.25, -0.2) is 4.39 Å². The first kappa shape index (κ1) is 14.9. The van der Waals surface area contributed by atoms with E-state index in [1.807, 2.05) is 0 Å². The van der Waals surface area contributed by atoms with E-state index in [0.717, 1.165) is 25.8 Å². The van der Waals surface area contributed by atoms with Crippen LogP contribution in [0.15, 0.2) is 18.2 Å². The zero-order valence-corrected chi connectivity index (χ0v) is 11.1. The number of nitrogens with one attached hydrogen (secondary N) is 2. The molecule has 1 aliphatic heterocycles. The summed E-state index contributed by atoms with van der Waals surface area (Å²) in [6.45, 7) is 2.54. The molecule has 3 nitrogen and oxygen atoms in total. The summed E-state index contributed by atoms with van der Waals surface area (Å²) in [7, 11) is 0. The molecule has 1 fully saturated rings. The van der Waals surface area contributed by atoms with Crippen LogP contribution in [0.1, 0.15) is 24.8 Å². The van der Waals surface area contributed by atoms with Gasteiger partial charge < -0.3 is 10.6 Å². The molecule has 1 atom stereocenters. The molecule has 0 aliphatic carbocycles. The lowest BCUT2D eigenvalue weighted by molar-refractivity contribution is -0.118. The molecule has 2 N–H and O–H groups in total. The molecule has 0 bridgehead atoms. The van der Waals surface area contributed by atoms with Crippen molar-refractivity contribution >= 4 is 24.0 Å². The number of carbonyl (C=O) groups excluding carboxylic acids is 1. The summed E-state index contributed by atoms with van der Waals surface area (Å²) < 4.78 is 13.3. The van der Waals surface area contributed by atoms with E-state index in [2.05, 4.69) is 10.6 Å². The Morgan fingerprint density at radius 3 is 2.89 bits per heavy atom. The van der Waals surface area contributed by atoms with Gasteiger partial charge in [0.1, 0.15) is 5.82 Å². The highest BCUT2D eigenvalue weighted by molar-refractivity contribution is 5.95. The van der Waals surface area contributed by atoms with Crippen molar-refractivity contribution in [2.45, 2.75) is 32.2 Å². The molecule has 0 radical (unpaired) electrons. The molecule has 5 heteroatoms. The fourth-order valence-electron chi connectivity index (χ4n) is 2.04. The van der Waals surface area contributed by atoms with E-state index in [4.69, 9.17) is 0 Å². The normalized spacial score (nSPS) is 18.9. The van der Waals surface area contributed by atoms with Crippen molar-refractivity contribution in [1.82, 2.24) is 5.32 Å². The molecule has 1 aliphatic rings. The fraction of sp³-hybridized carbons (Fsp3) is 0.462. The van der Waals surface area contributed by atoms with Gasteiger partial charge in [0.2, 0.25) is 5.91 Å². The van der Waals surface area contributed by atoms with Crippen LogP contribution < -0.4 is 10.6 Å². The maximum Gasteiger partial charge on any atom is 0.241 e. The Bertz CT molecular complexity index is 419. The number of halogens is 2. The minimum Gasteiger partial charge on any atom is -0.324 e. The van der Waals surface area contributed by atoms with Crippen LogP contribution in [-0.2, 0) is 4.79 Å². The number of hydrogen-bond acceptors (Lipinski definition) is 2. The summed E-state index contributed by atoms with van der Waals surface area (Å²) in [5.41, 5.74) is 1.04. The van der Waals surface area contributed by atoms with Gasteiger partial charge in [0.15, 0.2) is 0 Å². The molecule has 0 spiro atoms. The average molecular weight is 273 g/mol. The van der Waals surface area contributed by atoms with E-state index >= 15 is 0 Å². The maximum atomic E-state index is 13.3. The number of anilines is 1. The van der Waals surface area contributed by atoms with Crippen LogP contribution in [0.3, 0.4) is 0 Å². The summed E-state index contributed by atoms with van der Waals surface area (Å²) in [5.74, 6) is -0.363. The second-order valence-electron chi connectivity index (χ2n) is 4.40. The Hall–Kier alpha value is -1.13. The van der Waals surface area contributed by atoms with Gasteiger partial charge in [-0.3, -0.25) is 4.79 Å². The van der Waals surface area contributed by atoms with Crippen LogP contribution in [0.4, 0.5) is 10.1 Å². The molecule has 1 unspecified atom stereocenters. The standard InChI is InChI=1S/C13H17FN2O.ClH/c1-9-10(14)5-4-7-11(9)16-13(17)12-6-2-3-8-15-12;/h4-5,7,12,15H,2-3,6,8H2,1H3,(H,16,17);1H. The van der Waals surface area contributed by atoms with Crippen LogP contribution in [0, 0.1) is 12.7 Å². The lowest BCUT2D eigenvalue weighted by Gasteiger charge is -2.22. The minimum absolute atomic E-state index is 0. The van der Waals surface area contributed by atoms with Gasteiger partial charge in [0, 0.05) is 11.3 Å². The first-order valence-electron chi connectivity index (χ1n) is 5.98. The van der Waals surface area contributed by atoms with Crippen LogP contribution >= 0.6 is 12.4 Å². The minimum atomic E-state index is -0.292. The third-order valence-electron chi connectivity index (χ3n) is 3.15. The Labute approximate surface area is 113 Å². The summed E-state index contributed by atoms with van der Waals surface area (Å²) in [6, 6.07) is 4.57. The molecule has 1 heterocycles. The van der Waals surface area contributed by atoms with E-state index < -0.39 is 0 Å². The van der Waals surface area contributed by atoms with Crippen molar-refractivity contribution in [2.75, 3.05) is 11.9 Å². The quantitative estimate of drug-likeness (QED) is 0.869. The van der Waals surface area contributed by atoms with Crippen LogP contribution in [0.2, 0.25) is 0 Å². The largest absolute Gasteiger partial charge is 0.324 e. The smallest absolute Gasteiger partial charge is 0.241 e. The summed E-state index contributed by atoms with van der Waals surface area (Å²) in [5, 5.41) is 5.95. The van der Waals surface area contributed by atoms with Crippen molar-refractivity contribution in [3.05, 3.63) is 29.6 Å². The Balaban J connectivity index is 0.00000162. The SMILES string of the molecule is Cc1c(F)cccc1NC(=O)C1CCCCN1.Cl. The van der Waals surface area contributed by atoms with Gasteiger partial charge in [-0.2, -0.15) is 0 Å². The van der Waals surface area contributed by atoms with Gasteiger partial charge in [0.05, 0.1) is 6.04 Å². The Morgan fingerprint density at radius 2 is 2.22 bits per heavy atom. The van der Waals surface area contributed by atoms with Crippen molar-refractivity contribution < 1.29 is 9.18 Å². The molecule has 1 saturated heterocycles. The molecular formula is C13H18ClFN2O. The predicted octanol–water partition coefficient (Wildman–Crippen LogP) is 2.64. The zero-order valence-electron chi connectivity index (χ0n) is 10.3. The highest BCUT2D eigenvalue weighted by atomic mass is 35.5. The first-order valence-corrected chi connectivity index (χ1v) is 5.98. The monoisotopic (exact) mass is 272 g/mol. The average Bonchev–Trinajstić information content (AvgIpc) is 2.36. The van der Waals surface area contributed by atoms with Crippen molar-refractivity contribution in [2.24, 2.45) is 0 Å². The highest BCUT2D eigenvalue weighted by Gasteiger charge is 2.21. The lowest BCUT2D eigenvalue weighted by Crippen LogP contribution is -2.43. The summed E-state index contributed by atoms with van der Waals surface area (Å²) in [6.07, 6.45) is 3.02. The molecule has 2 rings (SSSR count). The van der Waals surface area contributed by atoms with Gasteiger partial charge >= 0.3 is 0 Å². The van der Waals surface area contributed by atoms with E-state index in [-0.39, 0.29) is 30.2 Å². The van der Waals surface area contributed by atoms with Crippen LogP contribution in [0.5, 0.6) is 0 Å². The number of hydrogen-bond donors (Lipinski definition) is 2. The maximum absolute atomic E-state index is 13.3. The fourth-order valence-corrected chi connectivity index (χ4v) is 2.04. The van der Waals surface area contributed by atoms with E-state index in [1.54, 1.807) is 19.1 Å². The number of amides is 1. The van der Waals surface area contributed by atoms with E-state index in [1.165, 1.54) is 6.07 Å². The molecule has 1 amide bonds. The first-order chi connectivity index (χ1) is 8.18. The summed E-state index contributed by atoms with van der Waals surface area (Å²) in [4.78, 5) is 11.9. The predicted molar refractivity (Wildman–Crippen MR) is 72.7 cm³/mol. The van der Waals surface area contributed by atoms with Gasteiger partial charge in [-0.1, -0.05) is 12.5 Å². The number of benzene rings is 1. The van der Waals surface area contributed by atoms with Crippen molar-refractivity contribution in [1.29, 1.82) is 0 Å². The Morgan fingerprint density at radius 1 is 1.44 bits per heavy atom. The number of piperidine rings is 1. The van der Waals surface area contributed by atoms with Crippen molar-refractivity contribution in [3.63, 3.8) is 0 Å². The van der Waals surface area contributed by atoms with Gasteiger partial charge in [-0.15, -0.1) is 12.4 Å². The topological polar surface area (TPSA) is 41.1 Å². The highest BCUT2D eigenvalue weighted by Crippen LogP contribution is 2.18. The zero-order chi connectivity index (χ0) is 12.3. The molecule has 1 aromatic rings. The third-order valence-corrected chi connectivity index (χ3v) is 3.15. The van der Waals surface area contributed by atoms with E-state index in [0.29, 0.717) is 11.3 Å². The molecule has 100 valence electrons. The molecule has 0 aromatic heterocycles. The van der Waals surface area contributed by atoms with Crippen LogP contribution in [-0.4, -0.2) is 18.5 Å². The van der Waals surface area contributed by atoms with E-state index in [9.17, 15) is 9.18 Å². The molecule has 18 heavy (non-hydrogen) atoms. The lowest BCUT2D eigenvalue weighted by atomic mass is 10.0. The van der Waals surface area contributed by atoms with Gasteiger partial charge in [0.25, 0.3) is 0 Å². The molecular weight excluding hydrogens is 255 g/mol. The second kappa shape index (κ2) is 6.71. The molecule has 1 aromatic carbocycles. The number of rotatable bonds is 2. The Kier molecular flexibility index (Phi) is 5.56.